The van der Waals surface area contributed by atoms with E-state index in [4.69, 9.17) is 4.74 Å². The molecule has 1 amide bonds. The zero-order valence-electron chi connectivity index (χ0n) is 17.0. The maximum Gasteiger partial charge on any atom is 0.237 e. The molecule has 2 aliphatic rings. The van der Waals surface area contributed by atoms with Crippen LogP contribution >= 0.6 is 11.3 Å². The van der Waals surface area contributed by atoms with Crippen molar-refractivity contribution in [2.75, 3.05) is 32.8 Å². The second-order valence-electron chi connectivity index (χ2n) is 8.26. The van der Waals surface area contributed by atoms with Gasteiger partial charge in [-0.25, -0.2) is 0 Å². The van der Waals surface area contributed by atoms with Crippen molar-refractivity contribution in [2.24, 2.45) is 5.92 Å². The quantitative estimate of drug-likeness (QED) is 0.684. The average molecular weight is 415 g/mol. The van der Waals surface area contributed by atoms with E-state index in [9.17, 15) is 9.90 Å². The van der Waals surface area contributed by atoms with Crippen molar-refractivity contribution in [3.05, 3.63) is 52.2 Å². The predicted molar refractivity (Wildman–Crippen MR) is 115 cm³/mol. The van der Waals surface area contributed by atoms with Gasteiger partial charge in [-0.05, 0) is 61.2 Å². The molecule has 1 saturated carbocycles. The smallest absolute Gasteiger partial charge is 0.237 e. The Labute approximate surface area is 176 Å². The Bertz CT molecular complexity index is 799. The lowest BCUT2D eigenvalue weighted by Gasteiger charge is -2.37. The van der Waals surface area contributed by atoms with Crippen molar-refractivity contribution >= 4 is 17.2 Å². The molecule has 2 atom stereocenters. The molecular weight excluding hydrogens is 384 g/mol. The van der Waals surface area contributed by atoms with Crippen LogP contribution in [-0.2, 0) is 11.2 Å². The number of amides is 1. The largest absolute Gasteiger partial charge is 0.491 e. The normalized spacial score (nSPS) is 19.8. The second kappa shape index (κ2) is 9.28. The van der Waals surface area contributed by atoms with Crippen molar-refractivity contribution in [1.29, 1.82) is 0 Å². The lowest BCUT2D eigenvalue weighted by Crippen LogP contribution is -2.48. The summed E-state index contributed by atoms with van der Waals surface area (Å²) in [5.74, 6) is 1.64. The number of hydrogen-bond donors (Lipinski definition) is 1. The Morgan fingerprint density at radius 3 is 2.83 bits per heavy atom. The molecule has 6 heteroatoms. The third-order valence-electron chi connectivity index (χ3n) is 5.66. The number of benzene rings is 1. The van der Waals surface area contributed by atoms with Crippen LogP contribution in [0.4, 0.5) is 0 Å². The Morgan fingerprint density at radius 2 is 2.10 bits per heavy atom. The van der Waals surface area contributed by atoms with Crippen LogP contribution in [0.25, 0.3) is 0 Å². The summed E-state index contributed by atoms with van der Waals surface area (Å²) >= 11 is 1.77. The van der Waals surface area contributed by atoms with E-state index in [0.29, 0.717) is 25.6 Å². The number of thiophene rings is 1. The third kappa shape index (κ3) is 5.38. The molecule has 2 unspecified atom stereocenters. The number of aliphatic hydroxyl groups is 1. The van der Waals surface area contributed by atoms with Crippen LogP contribution in [-0.4, -0.2) is 59.7 Å². The first-order valence-corrected chi connectivity index (χ1v) is 11.4. The molecule has 1 aromatic heterocycles. The summed E-state index contributed by atoms with van der Waals surface area (Å²) in [5, 5.41) is 12.0. The molecule has 2 heterocycles. The molecule has 0 bridgehead atoms. The van der Waals surface area contributed by atoms with Gasteiger partial charge >= 0.3 is 0 Å². The number of ether oxygens (including phenoxy) is 1. The Kier molecular flexibility index (Phi) is 6.53. The molecule has 1 fully saturated rings. The summed E-state index contributed by atoms with van der Waals surface area (Å²) in [5.41, 5.74) is 1.22. The van der Waals surface area contributed by atoms with Crippen molar-refractivity contribution in [1.82, 2.24) is 9.80 Å². The average Bonchev–Trinajstić information content (AvgIpc) is 3.38. The molecule has 0 spiro atoms. The van der Waals surface area contributed by atoms with E-state index in [1.807, 2.05) is 35.2 Å². The molecule has 2 aromatic rings. The molecule has 1 aliphatic carbocycles. The fourth-order valence-corrected chi connectivity index (χ4v) is 5.02. The van der Waals surface area contributed by atoms with Crippen LogP contribution in [0.1, 0.15) is 36.2 Å². The number of carbonyl (C=O) groups excluding carboxylic acids is 1. The van der Waals surface area contributed by atoms with Crippen LogP contribution in [0.5, 0.6) is 5.75 Å². The van der Waals surface area contributed by atoms with Crippen molar-refractivity contribution in [2.45, 2.75) is 38.3 Å². The minimum atomic E-state index is -0.427. The van der Waals surface area contributed by atoms with Gasteiger partial charge in [0, 0.05) is 24.5 Å². The van der Waals surface area contributed by atoms with Gasteiger partial charge in [0.25, 0.3) is 0 Å². The van der Waals surface area contributed by atoms with Crippen molar-refractivity contribution in [3.8, 4) is 5.75 Å². The SMILES string of the molecule is CC(O)CN(CC(=O)N1CCc2sccc2C1COc1ccccc1)CC1CC1. The molecule has 4 rings (SSSR count). The molecule has 1 N–H and O–H groups in total. The lowest BCUT2D eigenvalue weighted by molar-refractivity contribution is -0.136. The Balaban J connectivity index is 1.46. The van der Waals surface area contributed by atoms with Crippen LogP contribution in [0.2, 0.25) is 0 Å². The van der Waals surface area contributed by atoms with Gasteiger partial charge in [0.15, 0.2) is 0 Å². The standard InChI is InChI=1S/C23H30N2O3S/c1-17(26)13-24(14-18-7-8-18)15-23(27)25-11-9-22-20(10-12-29-22)21(25)16-28-19-5-3-2-4-6-19/h2-6,10,12,17-18,21,26H,7-9,11,13-16H2,1H3. The number of aliphatic hydroxyl groups excluding tert-OH is 1. The molecule has 5 nitrogen and oxygen atoms in total. The van der Waals surface area contributed by atoms with Crippen LogP contribution < -0.4 is 4.74 Å². The number of rotatable bonds is 9. The minimum absolute atomic E-state index is 0.0629. The number of hydrogen-bond acceptors (Lipinski definition) is 5. The van der Waals surface area contributed by atoms with Gasteiger partial charge in [-0.15, -0.1) is 11.3 Å². The van der Waals surface area contributed by atoms with Gasteiger partial charge in [0.2, 0.25) is 5.91 Å². The van der Waals surface area contributed by atoms with Crippen molar-refractivity contribution in [3.63, 3.8) is 0 Å². The topological polar surface area (TPSA) is 53.0 Å². The fourth-order valence-electron chi connectivity index (χ4n) is 4.09. The monoisotopic (exact) mass is 414 g/mol. The van der Waals surface area contributed by atoms with E-state index >= 15 is 0 Å². The van der Waals surface area contributed by atoms with E-state index in [-0.39, 0.29) is 11.9 Å². The molecule has 1 aliphatic heterocycles. The lowest BCUT2D eigenvalue weighted by atomic mass is 10.0. The maximum atomic E-state index is 13.3. The molecule has 0 radical (unpaired) electrons. The molecule has 0 saturated heterocycles. The summed E-state index contributed by atoms with van der Waals surface area (Å²) in [6, 6.07) is 11.9. The number of carbonyl (C=O) groups is 1. The summed E-state index contributed by atoms with van der Waals surface area (Å²) < 4.78 is 6.05. The molecular formula is C23H30N2O3S. The van der Waals surface area contributed by atoms with E-state index in [0.717, 1.165) is 25.3 Å². The molecule has 1 aromatic carbocycles. The molecule has 29 heavy (non-hydrogen) atoms. The van der Waals surface area contributed by atoms with E-state index < -0.39 is 6.10 Å². The Morgan fingerprint density at radius 1 is 1.31 bits per heavy atom. The van der Waals surface area contributed by atoms with Crippen LogP contribution in [0.15, 0.2) is 41.8 Å². The van der Waals surface area contributed by atoms with Gasteiger partial charge in [-0.1, -0.05) is 18.2 Å². The van der Waals surface area contributed by atoms with Gasteiger partial charge in [-0.3, -0.25) is 9.69 Å². The predicted octanol–water partition coefficient (Wildman–Crippen LogP) is 3.35. The molecule has 156 valence electrons. The first kappa shape index (κ1) is 20.4. The third-order valence-corrected chi connectivity index (χ3v) is 6.66. The van der Waals surface area contributed by atoms with Gasteiger partial charge in [-0.2, -0.15) is 0 Å². The highest BCUT2D eigenvalue weighted by Crippen LogP contribution is 2.34. The Hall–Kier alpha value is -1.89. The zero-order valence-corrected chi connectivity index (χ0v) is 17.8. The zero-order chi connectivity index (χ0) is 20.2. The number of fused-ring (bicyclic) bond motifs is 1. The fraction of sp³-hybridized carbons (Fsp3) is 0.522. The van der Waals surface area contributed by atoms with E-state index in [2.05, 4.69) is 16.3 Å². The van der Waals surface area contributed by atoms with Gasteiger partial charge in [0.05, 0.1) is 18.7 Å². The summed E-state index contributed by atoms with van der Waals surface area (Å²) in [7, 11) is 0. The van der Waals surface area contributed by atoms with Crippen molar-refractivity contribution < 1.29 is 14.6 Å². The number of para-hydroxylation sites is 1. The highest BCUT2D eigenvalue weighted by Gasteiger charge is 2.34. The number of nitrogens with zero attached hydrogens (tertiary/aromatic N) is 2. The summed E-state index contributed by atoms with van der Waals surface area (Å²) in [6.45, 7) is 4.78. The second-order valence-corrected chi connectivity index (χ2v) is 9.26. The highest BCUT2D eigenvalue weighted by molar-refractivity contribution is 7.10. The maximum absolute atomic E-state index is 13.3. The van der Waals surface area contributed by atoms with Crippen LogP contribution in [0.3, 0.4) is 0 Å². The minimum Gasteiger partial charge on any atom is -0.491 e. The van der Waals surface area contributed by atoms with Gasteiger partial charge in [0.1, 0.15) is 12.4 Å². The highest BCUT2D eigenvalue weighted by atomic mass is 32.1. The van der Waals surface area contributed by atoms with Gasteiger partial charge < -0.3 is 14.7 Å². The van der Waals surface area contributed by atoms with E-state index in [1.165, 1.54) is 23.3 Å². The first-order valence-electron chi connectivity index (χ1n) is 10.5. The summed E-state index contributed by atoms with van der Waals surface area (Å²) in [4.78, 5) is 18.8. The summed E-state index contributed by atoms with van der Waals surface area (Å²) in [6.07, 6.45) is 2.95. The first-order chi connectivity index (χ1) is 14.1. The van der Waals surface area contributed by atoms with E-state index in [1.54, 1.807) is 18.3 Å². The van der Waals surface area contributed by atoms with Crippen LogP contribution in [0, 0.1) is 5.92 Å².